The van der Waals surface area contributed by atoms with Gasteiger partial charge in [0.15, 0.2) is 23.6 Å². The summed E-state index contributed by atoms with van der Waals surface area (Å²) in [7, 11) is 2.94. The van der Waals surface area contributed by atoms with Gasteiger partial charge in [-0.15, -0.1) is 0 Å². The molecule has 0 radical (unpaired) electrons. The van der Waals surface area contributed by atoms with Crippen molar-refractivity contribution < 1.29 is 23.9 Å². The summed E-state index contributed by atoms with van der Waals surface area (Å²) in [5, 5.41) is 12.1. The molecule has 4 rings (SSSR count). The van der Waals surface area contributed by atoms with Crippen molar-refractivity contribution in [1.29, 1.82) is 0 Å². The van der Waals surface area contributed by atoms with Gasteiger partial charge in [-0.25, -0.2) is 4.90 Å². The fourth-order valence-corrected chi connectivity index (χ4v) is 3.91. The second-order valence-electron chi connectivity index (χ2n) is 7.27. The highest BCUT2D eigenvalue weighted by Crippen LogP contribution is 2.36. The first-order chi connectivity index (χ1) is 15.3. The van der Waals surface area contributed by atoms with E-state index in [9.17, 15) is 14.4 Å². The first-order valence-corrected chi connectivity index (χ1v) is 10.0. The van der Waals surface area contributed by atoms with Crippen LogP contribution in [0.3, 0.4) is 0 Å². The third kappa shape index (κ3) is 3.73. The summed E-state index contributed by atoms with van der Waals surface area (Å²) < 4.78 is 10.5. The van der Waals surface area contributed by atoms with Crippen LogP contribution >= 0.6 is 11.6 Å². The van der Waals surface area contributed by atoms with Crippen LogP contribution in [-0.2, 0) is 14.4 Å². The number of nitrogens with zero attached hydrogens (tertiary/aromatic N) is 4. The SMILES string of the molecule is COc1ccc(N2C(=O)[C@@H]3[C@@H](N=NN3CC(=O)Nc3ccc(C)cc3Cl)C2=O)cc1OC. The second-order valence-corrected chi connectivity index (χ2v) is 7.68. The number of hydrogen-bond acceptors (Lipinski definition) is 8. The molecule has 0 aliphatic carbocycles. The van der Waals surface area contributed by atoms with Crippen LogP contribution in [0.1, 0.15) is 5.56 Å². The van der Waals surface area contributed by atoms with Crippen molar-refractivity contribution in [3.05, 3.63) is 47.0 Å². The fraction of sp³-hybridized carbons (Fsp3) is 0.286. The van der Waals surface area contributed by atoms with Gasteiger partial charge in [-0.2, -0.15) is 5.11 Å². The van der Waals surface area contributed by atoms with Gasteiger partial charge in [-0.05, 0) is 36.8 Å². The number of carbonyl (C=O) groups is 3. The average Bonchev–Trinajstić information content (AvgIpc) is 3.29. The Balaban J connectivity index is 1.51. The number of ether oxygens (including phenoxy) is 2. The number of hydrogen-bond donors (Lipinski definition) is 1. The molecule has 2 aliphatic heterocycles. The number of carbonyl (C=O) groups excluding carboxylic acids is 3. The lowest BCUT2D eigenvalue weighted by Crippen LogP contribution is -2.43. The number of fused-ring (bicyclic) bond motifs is 1. The Labute approximate surface area is 188 Å². The minimum Gasteiger partial charge on any atom is -0.493 e. The first-order valence-electron chi connectivity index (χ1n) is 9.67. The molecule has 0 spiro atoms. The van der Waals surface area contributed by atoms with E-state index < -0.39 is 29.8 Å². The number of imide groups is 1. The van der Waals surface area contributed by atoms with Crippen molar-refractivity contribution in [3.63, 3.8) is 0 Å². The molecule has 1 saturated heterocycles. The Morgan fingerprint density at radius 3 is 2.53 bits per heavy atom. The molecule has 166 valence electrons. The van der Waals surface area contributed by atoms with Crippen LogP contribution in [-0.4, -0.2) is 55.6 Å². The molecule has 32 heavy (non-hydrogen) atoms. The minimum atomic E-state index is -1.02. The zero-order valence-electron chi connectivity index (χ0n) is 17.5. The first kappa shape index (κ1) is 21.6. The maximum Gasteiger partial charge on any atom is 0.263 e. The molecule has 11 heteroatoms. The van der Waals surface area contributed by atoms with Gasteiger partial charge in [0.1, 0.15) is 6.54 Å². The molecule has 0 saturated carbocycles. The quantitative estimate of drug-likeness (QED) is 0.667. The number of amides is 3. The van der Waals surface area contributed by atoms with Gasteiger partial charge in [0.2, 0.25) is 5.91 Å². The predicted octanol–water partition coefficient (Wildman–Crippen LogP) is 2.60. The Hall–Kier alpha value is -3.66. The van der Waals surface area contributed by atoms with Gasteiger partial charge in [-0.1, -0.05) is 22.9 Å². The van der Waals surface area contributed by atoms with Crippen molar-refractivity contribution in [3.8, 4) is 11.5 Å². The lowest BCUT2D eigenvalue weighted by Gasteiger charge is -2.21. The summed E-state index contributed by atoms with van der Waals surface area (Å²) in [6, 6.07) is 7.90. The van der Waals surface area contributed by atoms with Crippen LogP contribution in [0, 0.1) is 6.92 Å². The molecule has 3 amide bonds. The number of rotatable bonds is 6. The van der Waals surface area contributed by atoms with Crippen LogP contribution in [0.15, 0.2) is 46.7 Å². The van der Waals surface area contributed by atoms with Crippen LogP contribution < -0.4 is 19.7 Å². The summed E-state index contributed by atoms with van der Waals surface area (Å²) in [5.74, 6) is -0.669. The molecule has 1 fully saturated rings. The number of methoxy groups -OCH3 is 2. The van der Waals surface area contributed by atoms with Gasteiger partial charge >= 0.3 is 0 Å². The van der Waals surface area contributed by atoms with Crippen molar-refractivity contribution >= 4 is 40.7 Å². The summed E-state index contributed by atoms with van der Waals surface area (Å²) in [6.45, 7) is 1.61. The molecule has 0 unspecified atom stereocenters. The van der Waals surface area contributed by atoms with E-state index in [0.717, 1.165) is 10.5 Å². The van der Waals surface area contributed by atoms with E-state index in [1.54, 1.807) is 24.3 Å². The molecule has 10 nitrogen and oxygen atoms in total. The number of nitrogens with one attached hydrogen (secondary N) is 1. The van der Waals surface area contributed by atoms with Gasteiger partial charge in [0.25, 0.3) is 11.8 Å². The van der Waals surface area contributed by atoms with Crippen LogP contribution in [0.5, 0.6) is 11.5 Å². The third-order valence-corrected chi connectivity index (χ3v) is 5.50. The van der Waals surface area contributed by atoms with E-state index >= 15 is 0 Å². The summed E-state index contributed by atoms with van der Waals surface area (Å²) in [6.07, 6.45) is 0. The third-order valence-electron chi connectivity index (χ3n) is 5.19. The second kappa shape index (κ2) is 8.46. The molecule has 2 aromatic carbocycles. The highest BCUT2D eigenvalue weighted by Gasteiger charge is 2.55. The molecule has 0 bridgehead atoms. The Bertz CT molecular complexity index is 1140. The summed E-state index contributed by atoms with van der Waals surface area (Å²) in [5.41, 5.74) is 1.71. The normalized spacial score (nSPS) is 19.4. The number of aryl methyl sites for hydroxylation is 1. The highest BCUT2D eigenvalue weighted by molar-refractivity contribution is 6.33. The van der Waals surface area contributed by atoms with E-state index in [1.165, 1.54) is 25.3 Å². The topological polar surface area (TPSA) is 113 Å². The average molecular weight is 458 g/mol. The van der Waals surface area contributed by atoms with Crippen LogP contribution in [0.2, 0.25) is 5.02 Å². The zero-order chi connectivity index (χ0) is 23.0. The van der Waals surface area contributed by atoms with Crippen molar-refractivity contribution in [2.45, 2.75) is 19.0 Å². The number of benzene rings is 2. The standard InChI is InChI=1S/C21H20ClN5O5/c1-11-4-6-14(13(22)8-11)23-17(28)10-26-19-18(24-25-26)20(29)27(21(19)30)12-5-7-15(31-2)16(9-12)32-3/h4-9,18-19H,10H2,1-3H3,(H,23,28)/t18-,19+/m1/s1. The smallest absolute Gasteiger partial charge is 0.263 e. The zero-order valence-corrected chi connectivity index (χ0v) is 18.3. The lowest BCUT2D eigenvalue weighted by atomic mass is 10.1. The van der Waals surface area contributed by atoms with E-state index in [1.807, 2.05) is 13.0 Å². The van der Waals surface area contributed by atoms with Crippen molar-refractivity contribution in [2.75, 3.05) is 31.0 Å². The van der Waals surface area contributed by atoms with E-state index in [4.69, 9.17) is 21.1 Å². The monoisotopic (exact) mass is 457 g/mol. The van der Waals surface area contributed by atoms with Crippen molar-refractivity contribution in [2.24, 2.45) is 10.3 Å². The number of halogens is 1. The summed E-state index contributed by atoms with van der Waals surface area (Å²) >= 11 is 6.16. The maximum atomic E-state index is 13.1. The predicted molar refractivity (Wildman–Crippen MR) is 116 cm³/mol. The minimum absolute atomic E-state index is 0.270. The van der Waals surface area contributed by atoms with Gasteiger partial charge in [0, 0.05) is 6.07 Å². The lowest BCUT2D eigenvalue weighted by molar-refractivity contribution is -0.123. The Kier molecular flexibility index (Phi) is 5.70. The van der Waals surface area contributed by atoms with Crippen LogP contribution in [0.4, 0.5) is 11.4 Å². The molecule has 2 atom stereocenters. The molecule has 1 N–H and O–H groups in total. The van der Waals surface area contributed by atoms with Gasteiger partial charge in [0.05, 0.1) is 30.6 Å². The Morgan fingerprint density at radius 2 is 1.84 bits per heavy atom. The van der Waals surface area contributed by atoms with Crippen molar-refractivity contribution in [1.82, 2.24) is 5.01 Å². The Morgan fingerprint density at radius 1 is 1.09 bits per heavy atom. The largest absolute Gasteiger partial charge is 0.493 e. The molecular weight excluding hydrogens is 438 g/mol. The molecule has 2 aromatic rings. The van der Waals surface area contributed by atoms with Gasteiger partial charge < -0.3 is 14.8 Å². The van der Waals surface area contributed by atoms with Crippen LogP contribution in [0.25, 0.3) is 0 Å². The highest BCUT2D eigenvalue weighted by atomic mass is 35.5. The van der Waals surface area contributed by atoms with E-state index in [-0.39, 0.29) is 6.54 Å². The van der Waals surface area contributed by atoms with E-state index in [2.05, 4.69) is 15.7 Å². The number of anilines is 2. The molecule has 2 aliphatic rings. The van der Waals surface area contributed by atoms with E-state index in [0.29, 0.717) is 27.9 Å². The maximum absolute atomic E-state index is 13.1. The van der Waals surface area contributed by atoms with Gasteiger partial charge in [-0.3, -0.25) is 19.4 Å². The molecule has 2 heterocycles. The molecule has 0 aromatic heterocycles. The summed E-state index contributed by atoms with van der Waals surface area (Å²) in [4.78, 5) is 39.6. The fourth-order valence-electron chi connectivity index (χ4n) is 3.63. The molecular formula is C21H20ClN5O5.